The Bertz CT molecular complexity index is 1250. The molecular weight excluding hydrogens is 404 g/mol. The van der Waals surface area contributed by atoms with E-state index in [9.17, 15) is 9.59 Å². The fourth-order valence-electron chi connectivity index (χ4n) is 3.79. The van der Waals surface area contributed by atoms with Gasteiger partial charge in [-0.15, -0.1) is 0 Å². The first kappa shape index (κ1) is 21.2. The molecule has 2 amide bonds. The average Bonchev–Trinajstić information content (AvgIpc) is 3.04. The van der Waals surface area contributed by atoms with E-state index >= 15 is 0 Å². The van der Waals surface area contributed by atoms with Gasteiger partial charge in [0.2, 0.25) is 0 Å². The van der Waals surface area contributed by atoms with Crippen molar-refractivity contribution in [2.24, 2.45) is 0 Å². The molecule has 4 rings (SSSR count). The average molecular weight is 428 g/mol. The predicted molar refractivity (Wildman–Crippen MR) is 125 cm³/mol. The first-order chi connectivity index (χ1) is 15.5. The van der Waals surface area contributed by atoms with Crippen LogP contribution >= 0.6 is 0 Å². The van der Waals surface area contributed by atoms with Crippen molar-refractivity contribution in [3.63, 3.8) is 0 Å². The smallest absolute Gasteiger partial charge is 0.282 e. The minimum absolute atomic E-state index is 0.222. The van der Waals surface area contributed by atoms with Gasteiger partial charge in [0.15, 0.2) is 11.5 Å². The Kier molecular flexibility index (Phi) is 5.69. The predicted octanol–water partition coefficient (Wildman–Crippen LogP) is 4.72. The molecule has 32 heavy (non-hydrogen) atoms. The second-order valence-corrected chi connectivity index (χ2v) is 7.49. The molecule has 0 radical (unpaired) electrons. The number of nitrogens with one attached hydrogen (secondary N) is 1. The fraction of sp³-hybridized carbons (Fsp3) is 0.154. The van der Waals surface area contributed by atoms with E-state index in [1.165, 1.54) is 12.0 Å². The van der Waals surface area contributed by atoms with Gasteiger partial charge in [-0.3, -0.25) is 9.59 Å². The maximum absolute atomic E-state index is 13.6. The lowest BCUT2D eigenvalue weighted by molar-refractivity contribution is -0.120. The molecule has 3 aromatic carbocycles. The molecule has 0 saturated carbocycles. The Labute approximate surface area is 187 Å². The van der Waals surface area contributed by atoms with Gasteiger partial charge in [0.05, 0.1) is 25.5 Å². The monoisotopic (exact) mass is 428 g/mol. The van der Waals surface area contributed by atoms with Crippen molar-refractivity contribution in [1.29, 1.82) is 0 Å². The van der Waals surface area contributed by atoms with Gasteiger partial charge in [-0.05, 0) is 54.8 Å². The number of hydrogen-bond donors (Lipinski definition) is 1. The maximum atomic E-state index is 13.6. The second-order valence-electron chi connectivity index (χ2n) is 7.49. The summed E-state index contributed by atoms with van der Waals surface area (Å²) in [6.07, 6.45) is 0. The van der Waals surface area contributed by atoms with Gasteiger partial charge >= 0.3 is 0 Å². The van der Waals surface area contributed by atoms with Crippen LogP contribution in [0, 0.1) is 13.8 Å². The number of anilines is 2. The van der Waals surface area contributed by atoms with Gasteiger partial charge in [0, 0.05) is 5.69 Å². The highest BCUT2D eigenvalue weighted by Gasteiger charge is 2.41. The van der Waals surface area contributed by atoms with Crippen molar-refractivity contribution in [1.82, 2.24) is 0 Å². The summed E-state index contributed by atoms with van der Waals surface area (Å²) in [4.78, 5) is 28.4. The lowest BCUT2D eigenvalue weighted by Gasteiger charge is -2.18. The maximum Gasteiger partial charge on any atom is 0.282 e. The number of para-hydroxylation sites is 2. The van der Waals surface area contributed by atoms with Crippen LogP contribution in [-0.4, -0.2) is 26.0 Å². The standard InChI is InChI=1S/C26H24N2O4/c1-16-9-5-7-11-19(16)27-24-23(18-13-14-21(31-3)22(15-18)32-4)25(29)28(26(24)30)20-12-8-6-10-17(20)2/h5-15,27H,1-4H3. The summed E-state index contributed by atoms with van der Waals surface area (Å²) in [6.45, 7) is 3.82. The normalized spacial score (nSPS) is 13.6. The van der Waals surface area contributed by atoms with Crippen molar-refractivity contribution in [2.45, 2.75) is 13.8 Å². The van der Waals surface area contributed by atoms with Crippen LogP contribution in [0.3, 0.4) is 0 Å². The number of aryl methyl sites for hydroxylation is 2. The Balaban J connectivity index is 1.89. The minimum atomic E-state index is -0.405. The van der Waals surface area contributed by atoms with Crippen LogP contribution in [0.2, 0.25) is 0 Å². The Morgan fingerprint density at radius 3 is 2.06 bits per heavy atom. The zero-order chi connectivity index (χ0) is 22.8. The van der Waals surface area contributed by atoms with E-state index in [2.05, 4.69) is 5.32 Å². The second kappa shape index (κ2) is 8.59. The van der Waals surface area contributed by atoms with E-state index < -0.39 is 11.8 Å². The van der Waals surface area contributed by atoms with Crippen molar-refractivity contribution in [2.75, 3.05) is 24.4 Å². The molecule has 1 aliphatic rings. The van der Waals surface area contributed by atoms with Crippen molar-refractivity contribution in [3.8, 4) is 11.5 Å². The number of nitrogens with zero attached hydrogens (tertiary/aromatic N) is 1. The molecule has 6 heteroatoms. The van der Waals surface area contributed by atoms with Crippen LogP contribution in [0.15, 0.2) is 72.4 Å². The van der Waals surface area contributed by atoms with E-state index in [1.807, 2.05) is 56.3 Å². The van der Waals surface area contributed by atoms with Gasteiger partial charge in [0.1, 0.15) is 5.70 Å². The largest absolute Gasteiger partial charge is 0.493 e. The molecule has 0 bridgehead atoms. The quantitative estimate of drug-likeness (QED) is 0.576. The minimum Gasteiger partial charge on any atom is -0.493 e. The third-order valence-electron chi connectivity index (χ3n) is 5.52. The molecule has 0 aromatic heterocycles. The molecule has 1 N–H and O–H groups in total. The molecule has 3 aromatic rings. The van der Waals surface area contributed by atoms with Crippen LogP contribution in [0.4, 0.5) is 11.4 Å². The van der Waals surface area contributed by atoms with E-state index in [4.69, 9.17) is 9.47 Å². The number of benzene rings is 3. The molecule has 0 aliphatic carbocycles. The molecule has 0 atom stereocenters. The number of carbonyl (C=O) groups is 2. The van der Waals surface area contributed by atoms with Gasteiger partial charge in [-0.2, -0.15) is 0 Å². The van der Waals surface area contributed by atoms with Gasteiger partial charge in [-0.25, -0.2) is 4.90 Å². The first-order valence-electron chi connectivity index (χ1n) is 10.2. The Morgan fingerprint density at radius 2 is 1.41 bits per heavy atom. The molecular formula is C26H24N2O4. The highest BCUT2D eigenvalue weighted by molar-refractivity contribution is 6.46. The summed E-state index contributed by atoms with van der Waals surface area (Å²) in [5, 5.41) is 3.22. The van der Waals surface area contributed by atoms with E-state index in [1.54, 1.807) is 31.4 Å². The molecule has 1 heterocycles. The SMILES string of the molecule is COc1ccc(C2=C(Nc3ccccc3C)C(=O)N(c3ccccc3C)C2=O)cc1OC. The van der Waals surface area contributed by atoms with Crippen LogP contribution in [0.5, 0.6) is 11.5 Å². The van der Waals surface area contributed by atoms with E-state index in [0.29, 0.717) is 22.7 Å². The highest BCUT2D eigenvalue weighted by Crippen LogP contribution is 2.38. The number of rotatable bonds is 6. The summed E-state index contributed by atoms with van der Waals surface area (Å²) in [5.74, 6) is 0.213. The molecule has 0 saturated heterocycles. The summed E-state index contributed by atoms with van der Waals surface area (Å²) in [7, 11) is 3.08. The lowest BCUT2D eigenvalue weighted by Crippen LogP contribution is -2.33. The van der Waals surface area contributed by atoms with E-state index in [-0.39, 0.29) is 11.3 Å². The zero-order valence-corrected chi connectivity index (χ0v) is 18.4. The molecule has 0 spiro atoms. The van der Waals surface area contributed by atoms with Gasteiger partial charge in [-0.1, -0.05) is 42.5 Å². The molecule has 1 aliphatic heterocycles. The van der Waals surface area contributed by atoms with E-state index in [0.717, 1.165) is 16.8 Å². The van der Waals surface area contributed by atoms with Crippen LogP contribution in [-0.2, 0) is 9.59 Å². The number of ether oxygens (including phenoxy) is 2. The third-order valence-corrected chi connectivity index (χ3v) is 5.52. The summed E-state index contributed by atoms with van der Waals surface area (Å²) in [6, 6.07) is 20.1. The third kappa shape index (κ3) is 3.60. The summed E-state index contributed by atoms with van der Waals surface area (Å²) >= 11 is 0. The topological polar surface area (TPSA) is 67.9 Å². The lowest BCUT2D eigenvalue weighted by atomic mass is 10.0. The van der Waals surface area contributed by atoms with Crippen molar-refractivity contribution in [3.05, 3.63) is 89.1 Å². The number of amides is 2. The molecule has 0 fully saturated rings. The first-order valence-corrected chi connectivity index (χ1v) is 10.2. The van der Waals surface area contributed by atoms with Crippen LogP contribution in [0.1, 0.15) is 16.7 Å². The van der Waals surface area contributed by atoms with Crippen molar-refractivity contribution >= 4 is 28.8 Å². The highest BCUT2D eigenvalue weighted by atomic mass is 16.5. The van der Waals surface area contributed by atoms with Crippen LogP contribution in [0.25, 0.3) is 5.57 Å². The van der Waals surface area contributed by atoms with Crippen molar-refractivity contribution < 1.29 is 19.1 Å². The van der Waals surface area contributed by atoms with Gasteiger partial charge in [0.25, 0.3) is 11.8 Å². The number of carbonyl (C=O) groups excluding carboxylic acids is 2. The fourth-order valence-corrected chi connectivity index (χ4v) is 3.79. The Hall–Kier alpha value is -4.06. The Morgan fingerprint density at radius 1 is 0.750 bits per heavy atom. The molecule has 162 valence electrons. The number of methoxy groups -OCH3 is 2. The number of hydrogen-bond acceptors (Lipinski definition) is 5. The van der Waals surface area contributed by atoms with Crippen LogP contribution < -0.4 is 19.7 Å². The number of imide groups is 1. The molecule has 0 unspecified atom stereocenters. The summed E-state index contributed by atoms with van der Waals surface area (Å²) < 4.78 is 10.8. The molecule has 6 nitrogen and oxygen atoms in total. The van der Waals surface area contributed by atoms with Gasteiger partial charge < -0.3 is 14.8 Å². The summed E-state index contributed by atoms with van der Waals surface area (Å²) in [5.41, 5.74) is 4.17. The zero-order valence-electron chi connectivity index (χ0n) is 18.4.